The molecule has 0 fully saturated rings. The van der Waals surface area contributed by atoms with Crippen LogP contribution in [-0.2, 0) is 23.0 Å². The number of hydrogen-bond acceptors (Lipinski definition) is 5. The number of nitrogens with one attached hydrogen (secondary N) is 3. The van der Waals surface area contributed by atoms with Gasteiger partial charge in [-0.1, -0.05) is 48.5 Å². The van der Waals surface area contributed by atoms with Gasteiger partial charge < -0.3 is 15.2 Å². The molecule has 0 saturated heterocycles. The van der Waals surface area contributed by atoms with Gasteiger partial charge in [0.15, 0.2) is 0 Å². The van der Waals surface area contributed by atoms with Crippen molar-refractivity contribution < 1.29 is 13.2 Å². The zero-order chi connectivity index (χ0) is 24.5. The molecule has 0 aliphatic heterocycles. The average molecular weight is 490 g/mol. The summed E-state index contributed by atoms with van der Waals surface area (Å²) in [5.41, 5.74) is 2.42. The third kappa shape index (κ3) is 6.94. The quantitative estimate of drug-likeness (QED) is 0.297. The largest absolute Gasteiger partial charge is 0.385 e. The lowest BCUT2D eigenvalue weighted by Gasteiger charge is -2.14. The number of para-hydroxylation sites is 1. The third-order valence-corrected chi connectivity index (χ3v) is 6.67. The monoisotopic (exact) mass is 489 g/mol. The fourth-order valence-electron chi connectivity index (χ4n) is 3.52. The van der Waals surface area contributed by atoms with Gasteiger partial charge in [0.2, 0.25) is 0 Å². The zero-order valence-corrected chi connectivity index (χ0v) is 19.9. The molecule has 0 aliphatic rings. The van der Waals surface area contributed by atoms with E-state index < -0.39 is 10.0 Å². The maximum atomic E-state index is 13.1. The molecule has 4 rings (SSSR count). The summed E-state index contributed by atoms with van der Waals surface area (Å²) in [4.78, 5) is 16.9. The van der Waals surface area contributed by atoms with Gasteiger partial charge in [0.05, 0.1) is 11.2 Å². The lowest BCUT2D eigenvalue weighted by atomic mass is 10.1. The molecule has 0 atom stereocenters. The first-order valence-electron chi connectivity index (χ1n) is 11.2. The van der Waals surface area contributed by atoms with Crippen LogP contribution in [0, 0.1) is 0 Å². The molecule has 0 unspecified atom stereocenters. The normalized spacial score (nSPS) is 11.1. The lowest BCUT2D eigenvalue weighted by molar-refractivity contribution is 0.0952. The van der Waals surface area contributed by atoms with Crippen LogP contribution in [0.4, 0.5) is 11.4 Å². The summed E-state index contributed by atoms with van der Waals surface area (Å²) in [5, 5.41) is 6.10. The molecule has 180 valence electrons. The molecular weight excluding hydrogens is 462 g/mol. The number of anilines is 2. The topological polar surface area (TPSA) is 105 Å². The maximum absolute atomic E-state index is 13.1. The highest BCUT2D eigenvalue weighted by Crippen LogP contribution is 2.22. The first-order chi connectivity index (χ1) is 17.0. The summed E-state index contributed by atoms with van der Waals surface area (Å²) in [6.07, 6.45) is 5.91. The molecular formula is C26H27N5O3S. The predicted molar refractivity (Wildman–Crippen MR) is 137 cm³/mol. The van der Waals surface area contributed by atoms with E-state index in [1.807, 2.05) is 41.1 Å². The number of amides is 1. The van der Waals surface area contributed by atoms with Crippen molar-refractivity contribution in [3.63, 3.8) is 0 Å². The molecule has 0 bridgehead atoms. The van der Waals surface area contributed by atoms with Crippen LogP contribution in [0.1, 0.15) is 15.9 Å². The van der Waals surface area contributed by atoms with Gasteiger partial charge >= 0.3 is 0 Å². The van der Waals surface area contributed by atoms with Crippen molar-refractivity contribution in [1.29, 1.82) is 0 Å². The number of benzene rings is 3. The molecule has 0 radical (unpaired) electrons. The van der Waals surface area contributed by atoms with Crippen molar-refractivity contribution in [3.8, 4) is 0 Å². The van der Waals surface area contributed by atoms with E-state index in [1.165, 1.54) is 6.07 Å². The summed E-state index contributed by atoms with van der Waals surface area (Å²) >= 11 is 0. The highest BCUT2D eigenvalue weighted by Gasteiger charge is 2.18. The SMILES string of the molecule is O=C(NCCn1ccnc1)c1cc(NCCc2ccccc2)cc(S(=O)(=O)Nc2ccccc2)c1. The van der Waals surface area contributed by atoms with Gasteiger partial charge in [-0.15, -0.1) is 0 Å². The average Bonchev–Trinajstić information content (AvgIpc) is 3.38. The van der Waals surface area contributed by atoms with E-state index in [0.29, 0.717) is 31.0 Å². The molecule has 4 aromatic rings. The Balaban J connectivity index is 1.52. The third-order valence-electron chi connectivity index (χ3n) is 5.31. The molecule has 0 saturated carbocycles. The number of nitrogens with zero attached hydrogens (tertiary/aromatic N) is 2. The summed E-state index contributed by atoms with van der Waals surface area (Å²) in [6.45, 7) is 1.52. The Bertz CT molecular complexity index is 1340. The van der Waals surface area contributed by atoms with Crippen molar-refractivity contribution in [2.24, 2.45) is 0 Å². The highest BCUT2D eigenvalue weighted by molar-refractivity contribution is 7.92. The molecule has 3 aromatic carbocycles. The summed E-state index contributed by atoms with van der Waals surface area (Å²) in [7, 11) is -3.91. The van der Waals surface area contributed by atoms with E-state index in [2.05, 4.69) is 20.3 Å². The standard InChI is InChI=1S/C26H27N5O3S/c32-26(29-14-16-31-15-13-27-20-31)22-17-24(28-12-11-21-7-3-1-4-8-21)19-25(18-22)35(33,34)30-23-9-5-2-6-10-23/h1-10,13,15,17-20,28,30H,11-12,14,16H2,(H,29,32). The smallest absolute Gasteiger partial charge is 0.261 e. The van der Waals surface area contributed by atoms with Crippen molar-refractivity contribution >= 4 is 27.3 Å². The van der Waals surface area contributed by atoms with Gasteiger partial charge in [-0.3, -0.25) is 9.52 Å². The number of rotatable bonds is 11. The Hall–Kier alpha value is -4.11. The number of carbonyl (C=O) groups is 1. The van der Waals surface area contributed by atoms with E-state index in [-0.39, 0.29) is 16.4 Å². The molecule has 0 spiro atoms. The van der Waals surface area contributed by atoms with Crippen LogP contribution in [0.25, 0.3) is 0 Å². The second-order valence-electron chi connectivity index (χ2n) is 7.94. The molecule has 8 nitrogen and oxygen atoms in total. The minimum absolute atomic E-state index is 0.00539. The van der Waals surface area contributed by atoms with Crippen molar-refractivity contribution in [2.75, 3.05) is 23.1 Å². The molecule has 0 aliphatic carbocycles. The Kier molecular flexibility index (Phi) is 7.79. The van der Waals surface area contributed by atoms with Crippen LogP contribution in [-0.4, -0.2) is 37.0 Å². The molecule has 35 heavy (non-hydrogen) atoms. The van der Waals surface area contributed by atoms with E-state index in [1.54, 1.807) is 55.0 Å². The number of aromatic nitrogens is 2. The second kappa shape index (κ2) is 11.3. The van der Waals surface area contributed by atoms with Gasteiger partial charge in [0.25, 0.3) is 15.9 Å². The number of carbonyl (C=O) groups excluding carboxylic acids is 1. The number of hydrogen-bond donors (Lipinski definition) is 3. The fourth-order valence-corrected chi connectivity index (χ4v) is 4.65. The lowest BCUT2D eigenvalue weighted by Crippen LogP contribution is -2.27. The van der Waals surface area contributed by atoms with Gasteiger partial charge in [-0.2, -0.15) is 0 Å². The minimum Gasteiger partial charge on any atom is -0.385 e. The van der Waals surface area contributed by atoms with Gasteiger partial charge in [-0.25, -0.2) is 13.4 Å². The van der Waals surface area contributed by atoms with E-state index in [4.69, 9.17) is 0 Å². The Morgan fingerprint density at radius 1 is 0.886 bits per heavy atom. The maximum Gasteiger partial charge on any atom is 0.261 e. The predicted octanol–water partition coefficient (Wildman–Crippen LogP) is 3.77. The number of sulfonamides is 1. The van der Waals surface area contributed by atoms with Gasteiger partial charge in [0.1, 0.15) is 0 Å². The van der Waals surface area contributed by atoms with Crippen LogP contribution in [0.15, 0.2) is 102 Å². The zero-order valence-electron chi connectivity index (χ0n) is 19.1. The molecule has 3 N–H and O–H groups in total. The van der Waals surface area contributed by atoms with Crippen molar-refractivity contribution in [2.45, 2.75) is 17.9 Å². The fraction of sp³-hybridized carbons (Fsp3) is 0.154. The summed E-state index contributed by atoms with van der Waals surface area (Å²) < 4.78 is 30.6. The second-order valence-corrected chi connectivity index (χ2v) is 9.62. The first-order valence-corrected chi connectivity index (χ1v) is 12.7. The van der Waals surface area contributed by atoms with Crippen molar-refractivity contribution in [1.82, 2.24) is 14.9 Å². The molecule has 1 heterocycles. The summed E-state index contributed by atoms with van der Waals surface area (Å²) in [6, 6.07) is 23.2. The van der Waals surface area contributed by atoms with Gasteiger partial charge in [-0.05, 0) is 42.3 Å². The minimum atomic E-state index is -3.91. The van der Waals surface area contributed by atoms with Crippen LogP contribution in [0.5, 0.6) is 0 Å². The van der Waals surface area contributed by atoms with E-state index in [9.17, 15) is 13.2 Å². The van der Waals surface area contributed by atoms with E-state index >= 15 is 0 Å². The Morgan fingerprint density at radius 3 is 2.34 bits per heavy atom. The van der Waals surface area contributed by atoms with Crippen LogP contribution < -0.4 is 15.4 Å². The molecule has 1 amide bonds. The number of imidazole rings is 1. The summed E-state index contributed by atoms with van der Waals surface area (Å²) in [5.74, 6) is -0.354. The highest BCUT2D eigenvalue weighted by atomic mass is 32.2. The van der Waals surface area contributed by atoms with Crippen LogP contribution in [0.2, 0.25) is 0 Å². The molecule has 1 aromatic heterocycles. The van der Waals surface area contributed by atoms with Crippen molar-refractivity contribution in [3.05, 3.63) is 109 Å². The Morgan fingerprint density at radius 2 is 1.63 bits per heavy atom. The van der Waals surface area contributed by atoms with E-state index in [0.717, 1.165) is 12.0 Å². The van der Waals surface area contributed by atoms with Crippen LogP contribution >= 0.6 is 0 Å². The molecule has 9 heteroatoms. The van der Waals surface area contributed by atoms with Crippen LogP contribution in [0.3, 0.4) is 0 Å². The van der Waals surface area contributed by atoms with Gasteiger partial charge in [0, 0.05) is 49.0 Å². The first kappa shape index (κ1) is 24.0. The Labute approximate surface area is 205 Å².